The van der Waals surface area contributed by atoms with E-state index in [-0.39, 0.29) is 17.6 Å². The molecular weight excluding hydrogens is 294 g/mol. The van der Waals surface area contributed by atoms with Crippen LogP contribution in [0.25, 0.3) is 0 Å². The molecule has 2 nitrogen and oxygen atoms in total. The van der Waals surface area contributed by atoms with Gasteiger partial charge in [-0.15, -0.1) is 0 Å². The molecule has 2 aliphatic heterocycles. The van der Waals surface area contributed by atoms with Gasteiger partial charge in [-0.25, -0.2) is 8.78 Å². The Morgan fingerprint density at radius 2 is 1.61 bits per heavy atom. The Balaban J connectivity index is 1.72. The molecule has 1 N–H and O–H groups in total. The van der Waals surface area contributed by atoms with E-state index < -0.39 is 0 Å². The van der Waals surface area contributed by atoms with E-state index in [1.165, 1.54) is 12.1 Å². The molecule has 0 saturated carbocycles. The van der Waals surface area contributed by atoms with E-state index in [2.05, 4.69) is 10.2 Å². The first-order valence-electron chi connectivity index (χ1n) is 8.24. The quantitative estimate of drug-likeness (QED) is 0.910. The third-order valence-electron chi connectivity index (χ3n) is 5.08. The fourth-order valence-corrected chi connectivity index (χ4v) is 3.90. The maximum absolute atomic E-state index is 13.8. The second kappa shape index (κ2) is 5.93. The molecule has 23 heavy (non-hydrogen) atoms. The van der Waals surface area contributed by atoms with E-state index in [0.29, 0.717) is 6.04 Å². The van der Waals surface area contributed by atoms with Crippen LogP contribution in [-0.2, 0) is 0 Å². The monoisotopic (exact) mass is 314 g/mol. The lowest BCUT2D eigenvalue weighted by atomic mass is 9.93. The van der Waals surface area contributed by atoms with Crippen molar-refractivity contribution in [1.82, 2.24) is 5.32 Å². The van der Waals surface area contributed by atoms with E-state index in [0.717, 1.165) is 49.3 Å². The highest BCUT2D eigenvalue weighted by atomic mass is 19.1. The molecule has 1 fully saturated rings. The van der Waals surface area contributed by atoms with Crippen LogP contribution in [0, 0.1) is 11.6 Å². The normalized spacial score (nSPS) is 21.5. The van der Waals surface area contributed by atoms with Crippen LogP contribution in [0.3, 0.4) is 0 Å². The van der Waals surface area contributed by atoms with Crippen molar-refractivity contribution in [1.29, 1.82) is 0 Å². The van der Waals surface area contributed by atoms with Crippen molar-refractivity contribution in [2.24, 2.45) is 0 Å². The molecule has 1 atom stereocenters. The van der Waals surface area contributed by atoms with Crippen LogP contribution >= 0.6 is 0 Å². The molecule has 4 rings (SSSR count). The zero-order valence-electron chi connectivity index (χ0n) is 12.9. The van der Waals surface area contributed by atoms with Gasteiger partial charge < -0.3 is 10.2 Å². The summed E-state index contributed by atoms with van der Waals surface area (Å²) in [4.78, 5) is 2.42. The van der Waals surface area contributed by atoms with Crippen molar-refractivity contribution in [2.75, 3.05) is 24.5 Å². The van der Waals surface area contributed by atoms with Crippen LogP contribution < -0.4 is 10.2 Å². The van der Waals surface area contributed by atoms with E-state index in [4.69, 9.17) is 0 Å². The lowest BCUT2D eigenvalue weighted by molar-refractivity contribution is 0.433. The number of anilines is 1. The summed E-state index contributed by atoms with van der Waals surface area (Å²) in [6, 6.07) is 12.2. The standard InChI is InChI=1S/C19H20F2N2/c20-14-3-1-13(2-4-14)18-12-23(16-7-9-22-10-8-16)19-6-5-15(21)11-17(18)19/h1-6,11,16,18,22H,7-10,12H2/t18-/m0/s1. The predicted molar refractivity (Wildman–Crippen MR) is 87.9 cm³/mol. The summed E-state index contributed by atoms with van der Waals surface area (Å²) in [5.74, 6) is -0.333. The maximum Gasteiger partial charge on any atom is 0.123 e. The van der Waals surface area contributed by atoms with Gasteiger partial charge in [0.25, 0.3) is 0 Å². The van der Waals surface area contributed by atoms with Crippen LogP contribution in [0.2, 0.25) is 0 Å². The third kappa shape index (κ3) is 2.72. The molecular formula is C19H20F2N2. The molecule has 1 saturated heterocycles. The van der Waals surface area contributed by atoms with Crippen molar-refractivity contribution in [2.45, 2.75) is 24.8 Å². The largest absolute Gasteiger partial charge is 0.367 e. The first-order valence-corrected chi connectivity index (χ1v) is 8.24. The zero-order chi connectivity index (χ0) is 15.8. The Kier molecular flexibility index (Phi) is 3.77. The minimum atomic E-state index is -0.235. The lowest BCUT2D eigenvalue weighted by Crippen LogP contribution is -2.42. The molecule has 2 heterocycles. The average Bonchev–Trinajstić information content (AvgIpc) is 2.95. The van der Waals surface area contributed by atoms with E-state index >= 15 is 0 Å². The molecule has 2 aliphatic rings. The molecule has 0 amide bonds. The van der Waals surface area contributed by atoms with Crippen molar-refractivity contribution in [3.63, 3.8) is 0 Å². The molecule has 0 spiro atoms. The minimum Gasteiger partial charge on any atom is -0.367 e. The predicted octanol–water partition coefficient (Wildman–Crippen LogP) is 3.67. The van der Waals surface area contributed by atoms with Crippen molar-refractivity contribution >= 4 is 5.69 Å². The van der Waals surface area contributed by atoms with Crippen molar-refractivity contribution in [3.05, 3.63) is 65.2 Å². The van der Waals surface area contributed by atoms with E-state index in [1.807, 2.05) is 18.2 Å². The summed E-state index contributed by atoms with van der Waals surface area (Å²) in [7, 11) is 0. The van der Waals surface area contributed by atoms with Gasteiger partial charge in [0.15, 0.2) is 0 Å². The SMILES string of the molecule is Fc1ccc([C@@H]2CN(C3CCNCC3)c3ccc(F)cc32)cc1. The summed E-state index contributed by atoms with van der Waals surface area (Å²) in [6.07, 6.45) is 2.21. The van der Waals surface area contributed by atoms with E-state index in [9.17, 15) is 8.78 Å². The molecule has 0 bridgehead atoms. The topological polar surface area (TPSA) is 15.3 Å². The first kappa shape index (κ1) is 14.6. The van der Waals surface area contributed by atoms with E-state index in [1.54, 1.807) is 12.1 Å². The lowest BCUT2D eigenvalue weighted by Gasteiger charge is -2.34. The van der Waals surface area contributed by atoms with Crippen molar-refractivity contribution in [3.8, 4) is 0 Å². The zero-order valence-corrected chi connectivity index (χ0v) is 12.9. The molecule has 0 aliphatic carbocycles. The van der Waals surface area contributed by atoms with Crippen LogP contribution in [-0.4, -0.2) is 25.7 Å². The molecule has 2 aromatic carbocycles. The van der Waals surface area contributed by atoms with Gasteiger partial charge in [-0.2, -0.15) is 0 Å². The number of nitrogens with one attached hydrogen (secondary N) is 1. The highest BCUT2D eigenvalue weighted by molar-refractivity contribution is 5.63. The number of fused-ring (bicyclic) bond motifs is 1. The van der Waals surface area contributed by atoms with Crippen LogP contribution in [0.1, 0.15) is 29.9 Å². The number of rotatable bonds is 2. The molecule has 0 unspecified atom stereocenters. The van der Waals surface area contributed by atoms with Crippen molar-refractivity contribution < 1.29 is 8.78 Å². The maximum atomic E-state index is 13.8. The highest BCUT2D eigenvalue weighted by Gasteiger charge is 2.34. The second-order valence-electron chi connectivity index (χ2n) is 6.44. The first-order chi connectivity index (χ1) is 11.2. The number of halogens is 2. The number of hydrogen-bond acceptors (Lipinski definition) is 2. The Bertz CT molecular complexity index is 693. The Labute approximate surface area is 135 Å². The number of piperidine rings is 1. The second-order valence-corrected chi connectivity index (χ2v) is 6.44. The van der Waals surface area contributed by atoms with Gasteiger partial charge in [0, 0.05) is 24.2 Å². The van der Waals surface area contributed by atoms with Crippen LogP contribution in [0.15, 0.2) is 42.5 Å². The fraction of sp³-hybridized carbons (Fsp3) is 0.368. The summed E-state index contributed by atoms with van der Waals surface area (Å²) in [6.45, 7) is 2.90. The molecule has 2 aromatic rings. The van der Waals surface area contributed by atoms with Gasteiger partial charge in [0.05, 0.1) is 0 Å². The van der Waals surface area contributed by atoms with Gasteiger partial charge in [0.1, 0.15) is 11.6 Å². The fourth-order valence-electron chi connectivity index (χ4n) is 3.90. The molecule has 0 aromatic heterocycles. The van der Waals surface area contributed by atoms with Crippen LogP contribution in [0.5, 0.6) is 0 Å². The average molecular weight is 314 g/mol. The van der Waals surface area contributed by atoms with Gasteiger partial charge in [-0.05, 0) is 67.4 Å². The minimum absolute atomic E-state index is 0.108. The Hall–Kier alpha value is -1.94. The van der Waals surface area contributed by atoms with Crippen LogP contribution in [0.4, 0.5) is 14.5 Å². The molecule has 4 heteroatoms. The summed E-state index contributed by atoms with van der Waals surface area (Å²) >= 11 is 0. The van der Waals surface area contributed by atoms with Gasteiger partial charge in [-0.1, -0.05) is 12.1 Å². The summed E-state index contributed by atoms with van der Waals surface area (Å²) in [5, 5.41) is 3.39. The Morgan fingerprint density at radius 1 is 0.913 bits per heavy atom. The third-order valence-corrected chi connectivity index (χ3v) is 5.08. The molecule has 120 valence electrons. The number of nitrogens with zero attached hydrogens (tertiary/aromatic N) is 1. The number of hydrogen-bond donors (Lipinski definition) is 1. The van der Waals surface area contributed by atoms with Gasteiger partial charge >= 0.3 is 0 Å². The summed E-state index contributed by atoms with van der Waals surface area (Å²) in [5.41, 5.74) is 3.21. The van der Waals surface area contributed by atoms with Gasteiger partial charge in [0.2, 0.25) is 0 Å². The smallest absolute Gasteiger partial charge is 0.123 e. The number of benzene rings is 2. The highest BCUT2D eigenvalue weighted by Crippen LogP contribution is 2.42. The summed E-state index contributed by atoms with van der Waals surface area (Å²) < 4.78 is 27.0. The Morgan fingerprint density at radius 3 is 2.35 bits per heavy atom. The molecule has 0 radical (unpaired) electrons. The van der Waals surface area contributed by atoms with Gasteiger partial charge in [-0.3, -0.25) is 0 Å².